The van der Waals surface area contributed by atoms with Crippen LogP contribution in [-0.2, 0) is 0 Å². The number of amides is 1. The van der Waals surface area contributed by atoms with Crippen molar-refractivity contribution in [2.75, 3.05) is 13.2 Å². The van der Waals surface area contributed by atoms with Crippen LogP contribution in [0.15, 0.2) is 48.5 Å². The van der Waals surface area contributed by atoms with E-state index in [9.17, 15) is 13.6 Å². The predicted molar refractivity (Wildman–Crippen MR) is 107 cm³/mol. The second-order valence-corrected chi connectivity index (χ2v) is 6.76. The zero-order valence-corrected chi connectivity index (χ0v) is 16.5. The van der Waals surface area contributed by atoms with Crippen molar-refractivity contribution in [2.24, 2.45) is 0 Å². The molecule has 8 heteroatoms. The molecule has 1 amide bonds. The third kappa shape index (κ3) is 5.32. The molecule has 3 rings (SSSR count). The summed E-state index contributed by atoms with van der Waals surface area (Å²) >= 11 is 6.34. The third-order valence-electron chi connectivity index (χ3n) is 4.24. The van der Waals surface area contributed by atoms with Gasteiger partial charge in [-0.25, -0.2) is 13.5 Å². The van der Waals surface area contributed by atoms with Gasteiger partial charge in [0.05, 0.1) is 23.6 Å². The minimum atomic E-state index is -0.366. The van der Waals surface area contributed by atoms with Crippen molar-refractivity contribution in [2.45, 2.75) is 19.8 Å². The average molecular weight is 420 g/mol. The van der Waals surface area contributed by atoms with Gasteiger partial charge in [0.1, 0.15) is 22.5 Å². The molecule has 0 fully saturated rings. The van der Waals surface area contributed by atoms with E-state index in [1.807, 2.05) is 0 Å². The van der Waals surface area contributed by atoms with E-state index < -0.39 is 0 Å². The number of benzene rings is 2. The van der Waals surface area contributed by atoms with E-state index >= 15 is 0 Å². The van der Waals surface area contributed by atoms with Gasteiger partial charge in [-0.3, -0.25) is 4.79 Å². The van der Waals surface area contributed by atoms with Gasteiger partial charge < -0.3 is 10.1 Å². The maximum absolute atomic E-state index is 13.1. The molecule has 5 nitrogen and oxygen atoms in total. The van der Waals surface area contributed by atoms with Gasteiger partial charge in [0.15, 0.2) is 0 Å². The number of halogens is 3. The maximum Gasteiger partial charge on any atom is 0.256 e. The summed E-state index contributed by atoms with van der Waals surface area (Å²) in [5.74, 6) is -0.391. The summed E-state index contributed by atoms with van der Waals surface area (Å²) in [5, 5.41) is 7.27. The molecule has 152 valence electrons. The van der Waals surface area contributed by atoms with Crippen LogP contribution in [0.5, 0.6) is 5.75 Å². The number of carbonyl (C=O) groups excluding carboxylic acids is 1. The van der Waals surface area contributed by atoms with Gasteiger partial charge in [0.25, 0.3) is 5.91 Å². The van der Waals surface area contributed by atoms with Crippen molar-refractivity contribution in [1.82, 2.24) is 15.1 Å². The Bertz CT molecular complexity index is 973. The van der Waals surface area contributed by atoms with Crippen molar-refractivity contribution in [1.29, 1.82) is 0 Å². The average Bonchev–Trinajstić information content (AvgIpc) is 3.00. The molecule has 0 radical (unpaired) electrons. The van der Waals surface area contributed by atoms with Crippen LogP contribution < -0.4 is 10.1 Å². The highest BCUT2D eigenvalue weighted by Crippen LogP contribution is 2.23. The smallest absolute Gasteiger partial charge is 0.256 e. The lowest BCUT2D eigenvalue weighted by Crippen LogP contribution is -2.25. The Morgan fingerprint density at radius 1 is 1.07 bits per heavy atom. The van der Waals surface area contributed by atoms with Crippen LogP contribution in [0.25, 0.3) is 5.69 Å². The second kappa shape index (κ2) is 9.52. The number of aryl methyl sites for hydroxylation is 1. The van der Waals surface area contributed by atoms with E-state index in [0.29, 0.717) is 42.3 Å². The maximum atomic E-state index is 13.1. The van der Waals surface area contributed by atoms with Crippen LogP contribution in [0.4, 0.5) is 8.78 Å². The number of carbonyl (C=O) groups is 1. The number of hydrogen-bond acceptors (Lipinski definition) is 3. The highest BCUT2D eigenvalue weighted by Gasteiger charge is 2.20. The standard InChI is InChI=1S/C21H20ClF2N3O2/c1-14-19(20(22)27(26-14)17-8-4-15(23)5-9-17)21(28)25-12-2-3-13-29-18-10-6-16(24)7-11-18/h4-11H,2-3,12-13H2,1H3,(H,25,28). The normalized spacial score (nSPS) is 10.8. The highest BCUT2D eigenvalue weighted by molar-refractivity contribution is 6.33. The first-order chi connectivity index (χ1) is 14.0. The molecule has 29 heavy (non-hydrogen) atoms. The number of rotatable bonds is 8. The number of aromatic nitrogens is 2. The summed E-state index contributed by atoms with van der Waals surface area (Å²) < 4.78 is 32.9. The Balaban J connectivity index is 1.49. The summed E-state index contributed by atoms with van der Waals surface area (Å²) in [6.07, 6.45) is 1.43. The SMILES string of the molecule is Cc1nn(-c2ccc(F)cc2)c(Cl)c1C(=O)NCCCCOc1ccc(F)cc1. The molecule has 0 saturated heterocycles. The summed E-state index contributed by atoms with van der Waals surface area (Å²) in [7, 11) is 0. The lowest BCUT2D eigenvalue weighted by atomic mass is 10.2. The first-order valence-corrected chi connectivity index (χ1v) is 9.51. The molecule has 0 aliphatic carbocycles. The largest absolute Gasteiger partial charge is 0.494 e. The molecule has 0 bridgehead atoms. The molecule has 0 atom stereocenters. The van der Waals surface area contributed by atoms with Crippen LogP contribution in [0.3, 0.4) is 0 Å². The number of ether oxygens (including phenoxy) is 1. The fraction of sp³-hybridized carbons (Fsp3) is 0.238. The van der Waals surface area contributed by atoms with Gasteiger partial charge in [-0.2, -0.15) is 5.10 Å². The topological polar surface area (TPSA) is 56.2 Å². The first kappa shape index (κ1) is 20.8. The van der Waals surface area contributed by atoms with E-state index in [1.165, 1.54) is 41.1 Å². The van der Waals surface area contributed by atoms with E-state index in [2.05, 4.69) is 10.4 Å². The summed E-state index contributed by atoms with van der Waals surface area (Å²) in [6.45, 7) is 2.60. The quantitative estimate of drug-likeness (QED) is 0.538. The predicted octanol–water partition coefficient (Wildman–Crippen LogP) is 4.70. The minimum absolute atomic E-state index is 0.172. The second-order valence-electron chi connectivity index (χ2n) is 6.40. The monoisotopic (exact) mass is 419 g/mol. The van der Waals surface area contributed by atoms with Crippen molar-refractivity contribution in [3.8, 4) is 11.4 Å². The lowest BCUT2D eigenvalue weighted by molar-refractivity contribution is 0.0952. The summed E-state index contributed by atoms with van der Waals surface area (Å²) in [5.41, 5.74) is 1.34. The number of unbranched alkanes of at least 4 members (excludes halogenated alkanes) is 1. The fourth-order valence-corrected chi connectivity index (χ4v) is 3.11. The van der Waals surface area contributed by atoms with Gasteiger partial charge in [0.2, 0.25) is 0 Å². The molecule has 1 heterocycles. The Morgan fingerprint density at radius 3 is 2.34 bits per heavy atom. The van der Waals surface area contributed by atoms with Gasteiger partial charge in [-0.1, -0.05) is 11.6 Å². The Morgan fingerprint density at radius 2 is 1.69 bits per heavy atom. The molecule has 2 aromatic carbocycles. The Labute approximate surface area is 172 Å². The van der Waals surface area contributed by atoms with E-state index in [-0.39, 0.29) is 22.7 Å². The Kier molecular flexibility index (Phi) is 6.82. The molecule has 3 aromatic rings. The van der Waals surface area contributed by atoms with E-state index in [4.69, 9.17) is 16.3 Å². The first-order valence-electron chi connectivity index (χ1n) is 9.13. The zero-order chi connectivity index (χ0) is 20.8. The molecule has 0 aliphatic heterocycles. The zero-order valence-electron chi connectivity index (χ0n) is 15.8. The van der Waals surface area contributed by atoms with Gasteiger partial charge in [-0.05, 0) is 68.3 Å². The van der Waals surface area contributed by atoms with E-state index in [0.717, 1.165) is 6.42 Å². The van der Waals surface area contributed by atoms with Gasteiger partial charge >= 0.3 is 0 Å². The summed E-state index contributed by atoms with van der Waals surface area (Å²) in [6, 6.07) is 11.5. The van der Waals surface area contributed by atoms with Crippen molar-refractivity contribution < 1.29 is 18.3 Å². The van der Waals surface area contributed by atoms with Crippen molar-refractivity contribution in [3.63, 3.8) is 0 Å². The minimum Gasteiger partial charge on any atom is -0.494 e. The number of hydrogen-bond donors (Lipinski definition) is 1. The molecule has 0 spiro atoms. The molecule has 0 unspecified atom stereocenters. The highest BCUT2D eigenvalue weighted by atomic mass is 35.5. The summed E-state index contributed by atoms with van der Waals surface area (Å²) in [4.78, 5) is 12.5. The molecular formula is C21H20ClF2N3O2. The van der Waals surface area contributed by atoms with Crippen molar-refractivity contribution in [3.05, 3.63) is 76.6 Å². The number of nitrogens with zero attached hydrogens (tertiary/aromatic N) is 2. The van der Waals surface area contributed by atoms with Gasteiger partial charge in [0, 0.05) is 6.54 Å². The fourth-order valence-electron chi connectivity index (χ4n) is 2.75. The molecule has 0 saturated carbocycles. The van der Waals surface area contributed by atoms with Crippen molar-refractivity contribution >= 4 is 17.5 Å². The van der Waals surface area contributed by atoms with Crippen LogP contribution in [0.1, 0.15) is 28.9 Å². The number of nitrogens with one attached hydrogen (secondary N) is 1. The van der Waals surface area contributed by atoms with Crippen LogP contribution >= 0.6 is 11.6 Å². The molecule has 1 N–H and O–H groups in total. The molecule has 1 aromatic heterocycles. The van der Waals surface area contributed by atoms with Crippen LogP contribution in [0, 0.1) is 18.6 Å². The molecular weight excluding hydrogens is 400 g/mol. The van der Waals surface area contributed by atoms with Gasteiger partial charge in [-0.15, -0.1) is 0 Å². The lowest BCUT2D eigenvalue weighted by Gasteiger charge is -2.07. The van der Waals surface area contributed by atoms with Crippen LogP contribution in [-0.4, -0.2) is 28.8 Å². The van der Waals surface area contributed by atoms with E-state index in [1.54, 1.807) is 19.1 Å². The van der Waals surface area contributed by atoms with Crippen LogP contribution in [0.2, 0.25) is 5.15 Å². The Hall–Kier alpha value is -2.93. The third-order valence-corrected chi connectivity index (χ3v) is 4.59. The molecule has 0 aliphatic rings.